The number of amides is 2. The number of benzene rings is 2. The molecule has 204 valence electrons. The molecule has 1 saturated carbocycles. The number of nitrogens with zero attached hydrogens (tertiary/aromatic N) is 2. The summed E-state index contributed by atoms with van der Waals surface area (Å²) < 4.78 is 29.1. The Morgan fingerprint density at radius 3 is 2.39 bits per heavy atom. The van der Waals surface area contributed by atoms with Crippen LogP contribution in [0.1, 0.15) is 42.5 Å². The summed E-state index contributed by atoms with van der Waals surface area (Å²) in [5.74, 6) is -0.338. The molecule has 0 radical (unpaired) electrons. The maximum atomic E-state index is 13.9. The monoisotopic (exact) mass is 578 g/mol. The van der Waals surface area contributed by atoms with Gasteiger partial charge >= 0.3 is 0 Å². The third-order valence-electron chi connectivity index (χ3n) is 6.99. The van der Waals surface area contributed by atoms with Gasteiger partial charge in [0.05, 0.1) is 29.3 Å². The zero-order valence-electron chi connectivity index (χ0n) is 21.1. The number of carbonyl (C=O) groups is 2. The summed E-state index contributed by atoms with van der Waals surface area (Å²) >= 11 is 12.4. The summed E-state index contributed by atoms with van der Waals surface area (Å²) in [6, 6.07) is 9.84. The van der Waals surface area contributed by atoms with E-state index in [2.05, 4.69) is 5.32 Å². The van der Waals surface area contributed by atoms with Gasteiger partial charge < -0.3 is 16.0 Å². The van der Waals surface area contributed by atoms with Crippen LogP contribution in [-0.2, 0) is 14.8 Å². The number of nitrogens with one attached hydrogen (secondary N) is 1. The summed E-state index contributed by atoms with van der Waals surface area (Å²) in [7, 11) is -2.48. The molecule has 2 unspecified atom stereocenters. The SMILES string of the molecule is CN1C(=O)c2ccc(Cl)c(c2)S(=O)(=O)N(c2ccc(Cl)cc2)C/C=C/CCCC(N)C(=O)NCC1C1CC1. The minimum atomic E-state index is -4.15. The van der Waals surface area contributed by atoms with Gasteiger partial charge in [0.2, 0.25) is 5.91 Å². The van der Waals surface area contributed by atoms with Crippen LogP contribution in [0.25, 0.3) is 0 Å². The highest BCUT2D eigenvalue weighted by Gasteiger charge is 2.37. The van der Waals surface area contributed by atoms with Gasteiger partial charge in [-0.1, -0.05) is 35.4 Å². The normalized spacial score (nSPS) is 24.3. The number of hydrogen-bond donors (Lipinski definition) is 2. The molecule has 1 heterocycles. The topological polar surface area (TPSA) is 113 Å². The van der Waals surface area contributed by atoms with Gasteiger partial charge in [-0.3, -0.25) is 13.9 Å². The smallest absolute Gasteiger partial charge is 0.266 e. The number of allylic oxidation sites excluding steroid dienone is 1. The van der Waals surface area contributed by atoms with Gasteiger partial charge in [0, 0.05) is 24.2 Å². The van der Waals surface area contributed by atoms with E-state index in [1.54, 1.807) is 42.3 Å². The van der Waals surface area contributed by atoms with E-state index in [4.69, 9.17) is 28.9 Å². The maximum Gasteiger partial charge on any atom is 0.266 e. The Hall–Kier alpha value is -2.59. The van der Waals surface area contributed by atoms with Crippen molar-refractivity contribution in [2.45, 2.75) is 49.1 Å². The molecule has 2 amide bonds. The minimum absolute atomic E-state index is 0.0153. The predicted octanol–water partition coefficient (Wildman–Crippen LogP) is 4.22. The molecule has 3 N–H and O–H groups in total. The van der Waals surface area contributed by atoms with Crippen LogP contribution in [0, 0.1) is 5.92 Å². The Morgan fingerprint density at radius 2 is 1.71 bits per heavy atom. The van der Waals surface area contributed by atoms with Crippen molar-refractivity contribution in [2.24, 2.45) is 11.7 Å². The van der Waals surface area contributed by atoms with Crippen LogP contribution in [0.3, 0.4) is 0 Å². The largest absolute Gasteiger partial charge is 0.353 e. The van der Waals surface area contributed by atoms with Crippen LogP contribution in [0.5, 0.6) is 0 Å². The molecule has 2 atom stereocenters. The fraction of sp³-hybridized carbons (Fsp3) is 0.407. The van der Waals surface area contributed by atoms with Crippen LogP contribution in [0.15, 0.2) is 59.5 Å². The molecule has 0 spiro atoms. The van der Waals surface area contributed by atoms with Crippen LogP contribution in [0.2, 0.25) is 10.0 Å². The number of likely N-dealkylation sites (N-methyl/N-ethyl adjacent to an activating group) is 1. The number of sulfonamides is 1. The first-order valence-electron chi connectivity index (χ1n) is 12.6. The first-order chi connectivity index (χ1) is 18.1. The highest BCUT2D eigenvalue weighted by molar-refractivity contribution is 7.93. The lowest BCUT2D eigenvalue weighted by molar-refractivity contribution is -0.122. The van der Waals surface area contributed by atoms with Crippen molar-refractivity contribution in [3.8, 4) is 0 Å². The van der Waals surface area contributed by atoms with Gasteiger partial charge in [-0.25, -0.2) is 8.42 Å². The number of nitrogens with two attached hydrogens (primary N) is 1. The van der Waals surface area contributed by atoms with Gasteiger partial charge in [0.25, 0.3) is 15.9 Å². The van der Waals surface area contributed by atoms with Gasteiger partial charge in [-0.05, 0) is 80.5 Å². The molecule has 0 saturated heterocycles. The molecule has 8 nitrogen and oxygen atoms in total. The van der Waals surface area contributed by atoms with Crippen molar-refractivity contribution in [3.05, 3.63) is 70.2 Å². The second-order valence-electron chi connectivity index (χ2n) is 9.73. The van der Waals surface area contributed by atoms with Gasteiger partial charge in [-0.2, -0.15) is 0 Å². The summed E-state index contributed by atoms with van der Waals surface area (Å²) in [4.78, 5) is 27.5. The van der Waals surface area contributed by atoms with Crippen molar-refractivity contribution in [2.75, 3.05) is 24.4 Å². The lowest BCUT2D eigenvalue weighted by Gasteiger charge is -2.29. The number of anilines is 1. The van der Waals surface area contributed by atoms with Crippen molar-refractivity contribution in [1.29, 1.82) is 0 Å². The number of fused-ring (bicyclic) bond motifs is 2. The fourth-order valence-electron chi connectivity index (χ4n) is 4.57. The van der Waals surface area contributed by atoms with E-state index >= 15 is 0 Å². The van der Waals surface area contributed by atoms with Gasteiger partial charge in [0.1, 0.15) is 4.90 Å². The van der Waals surface area contributed by atoms with Gasteiger partial charge in [0.15, 0.2) is 0 Å². The third-order valence-corrected chi connectivity index (χ3v) is 9.52. The van der Waals surface area contributed by atoms with E-state index in [0.717, 1.165) is 12.8 Å². The Balaban J connectivity index is 1.75. The van der Waals surface area contributed by atoms with Crippen LogP contribution in [-0.4, -0.2) is 57.4 Å². The summed E-state index contributed by atoms with van der Waals surface area (Å²) in [5.41, 5.74) is 6.70. The first-order valence-corrected chi connectivity index (χ1v) is 14.8. The molecule has 38 heavy (non-hydrogen) atoms. The molecule has 11 heteroatoms. The molecule has 2 aliphatic rings. The molecule has 4 rings (SSSR count). The van der Waals surface area contributed by atoms with Crippen molar-refractivity contribution < 1.29 is 18.0 Å². The Kier molecular flexibility index (Phi) is 9.03. The second-order valence-corrected chi connectivity index (χ2v) is 12.4. The molecule has 1 aliphatic carbocycles. The van der Waals surface area contributed by atoms with Gasteiger partial charge in [-0.15, -0.1) is 0 Å². The van der Waals surface area contributed by atoms with E-state index in [9.17, 15) is 18.0 Å². The summed E-state index contributed by atoms with van der Waals surface area (Å²) in [5, 5.41) is 3.40. The van der Waals surface area contributed by atoms with Crippen molar-refractivity contribution in [3.63, 3.8) is 0 Å². The van der Waals surface area contributed by atoms with Crippen LogP contribution >= 0.6 is 23.2 Å². The maximum absolute atomic E-state index is 13.9. The third kappa shape index (κ3) is 6.51. The van der Waals surface area contributed by atoms with E-state index in [0.29, 0.717) is 30.0 Å². The Labute approximate surface area is 233 Å². The van der Waals surface area contributed by atoms with E-state index in [1.807, 2.05) is 6.08 Å². The average Bonchev–Trinajstić information content (AvgIpc) is 3.73. The molecule has 1 aliphatic heterocycles. The predicted molar refractivity (Wildman–Crippen MR) is 150 cm³/mol. The number of rotatable bonds is 2. The molecule has 2 aromatic carbocycles. The Bertz CT molecular complexity index is 1310. The zero-order chi connectivity index (χ0) is 27.4. The lowest BCUT2D eigenvalue weighted by Crippen LogP contribution is -2.49. The number of halogens is 2. The standard InChI is InChI=1S/C27H32Cl2N4O4S/c1-32-24(18-7-8-18)17-31-26(34)23(30)6-4-2-3-5-15-33(21-12-10-20(28)11-13-21)38(36,37)25-16-19(27(32)35)9-14-22(25)29/h3,5,9-14,16,18,23-24H,2,4,6-8,15,17,30H2,1H3,(H,31,34)/b5-3+. The summed E-state index contributed by atoms with van der Waals surface area (Å²) in [6.45, 7) is 0.317. The summed E-state index contributed by atoms with van der Waals surface area (Å²) in [6.07, 6.45) is 7.30. The first kappa shape index (κ1) is 28.4. The number of hydrogen-bond acceptors (Lipinski definition) is 5. The second kappa shape index (κ2) is 12.1. The van der Waals surface area contributed by atoms with Crippen LogP contribution < -0.4 is 15.4 Å². The van der Waals surface area contributed by atoms with E-state index in [1.165, 1.54) is 22.5 Å². The quantitative estimate of drug-likeness (QED) is 0.518. The van der Waals surface area contributed by atoms with Crippen molar-refractivity contribution in [1.82, 2.24) is 10.2 Å². The minimum Gasteiger partial charge on any atom is -0.353 e. The fourth-order valence-corrected chi connectivity index (χ4v) is 6.61. The molecule has 0 aromatic heterocycles. The average molecular weight is 580 g/mol. The van der Waals surface area contributed by atoms with E-state index < -0.39 is 16.1 Å². The molecule has 2 aromatic rings. The van der Waals surface area contributed by atoms with Crippen LogP contribution in [0.4, 0.5) is 5.69 Å². The molecular formula is C27H32Cl2N4O4S. The molecule has 1 fully saturated rings. The lowest BCUT2D eigenvalue weighted by atomic mass is 10.1. The highest BCUT2D eigenvalue weighted by atomic mass is 35.5. The van der Waals surface area contributed by atoms with Crippen molar-refractivity contribution >= 4 is 50.7 Å². The Morgan fingerprint density at radius 1 is 1.00 bits per heavy atom. The zero-order valence-corrected chi connectivity index (χ0v) is 23.5. The molecule has 2 bridgehead atoms. The number of carbonyl (C=O) groups excluding carboxylic acids is 2. The highest BCUT2D eigenvalue weighted by Crippen LogP contribution is 2.36. The van der Waals surface area contributed by atoms with E-state index in [-0.39, 0.29) is 52.3 Å². The molecular weight excluding hydrogens is 547 g/mol.